The van der Waals surface area contributed by atoms with E-state index in [-0.39, 0.29) is 5.91 Å². The lowest BCUT2D eigenvalue weighted by molar-refractivity contribution is -0.121. The fourth-order valence-corrected chi connectivity index (χ4v) is 2.63. The van der Waals surface area contributed by atoms with Crippen LogP contribution < -0.4 is 15.4 Å². The molecule has 1 aliphatic heterocycles. The third-order valence-electron chi connectivity index (χ3n) is 4.16. The van der Waals surface area contributed by atoms with Crippen molar-refractivity contribution in [3.8, 4) is 5.75 Å². The van der Waals surface area contributed by atoms with Gasteiger partial charge in [0.2, 0.25) is 5.91 Å². The number of amides is 1. The van der Waals surface area contributed by atoms with Gasteiger partial charge in [-0.1, -0.05) is 12.1 Å². The third kappa shape index (κ3) is 7.01. The van der Waals surface area contributed by atoms with Crippen LogP contribution in [0.25, 0.3) is 0 Å². The van der Waals surface area contributed by atoms with Crippen molar-refractivity contribution in [1.82, 2.24) is 15.5 Å². The first kappa shape index (κ1) is 17.8. The lowest BCUT2D eigenvalue weighted by Crippen LogP contribution is -2.23. The molecule has 1 aromatic carbocycles. The van der Waals surface area contributed by atoms with Crippen molar-refractivity contribution in [2.45, 2.75) is 25.8 Å². The summed E-state index contributed by atoms with van der Waals surface area (Å²) in [6.45, 7) is 4.31. The molecule has 0 aromatic heterocycles. The summed E-state index contributed by atoms with van der Waals surface area (Å²) in [7, 11) is 4.05. The van der Waals surface area contributed by atoms with Crippen LogP contribution in [0.1, 0.15) is 24.8 Å². The summed E-state index contributed by atoms with van der Waals surface area (Å²) in [6, 6.07) is 7.93. The van der Waals surface area contributed by atoms with Gasteiger partial charge in [0.1, 0.15) is 12.4 Å². The molecule has 1 saturated heterocycles. The Morgan fingerprint density at radius 2 is 2.13 bits per heavy atom. The summed E-state index contributed by atoms with van der Waals surface area (Å²) in [5, 5.41) is 6.33. The van der Waals surface area contributed by atoms with Crippen molar-refractivity contribution in [3.05, 3.63) is 29.8 Å². The zero-order valence-corrected chi connectivity index (χ0v) is 14.3. The second-order valence-corrected chi connectivity index (χ2v) is 6.47. The fraction of sp³-hybridized carbons (Fsp3) is 0.611. The maximum atomic E-state index is 11.9. The number of rotatable bonds is 9. The van der Waals surface area contributed by atoms with Crippen molar-refractivity contribution >= 4 is 5.91 Å². The zero-order chi connectivity index (χ0) is 16.5. The summed E-state index contributed by atoms with van der Waals surface area (Å²) in [5.74, 6) is 1.68. The summed E-state index contributed by atoms with van der Waals surface area (Å²) < 4.78 is 5.66. The van der Waals surface area contributed by atoms with Crippen LogP contribution in [0, 0.1) is 5.92 Å². The molecular weight excluding hydrogens is 290 g/mol. The average Bonchev–Trinajstić information content (AvgIpc) is 3.05. The summed E-state index contributed by atoms with van der Waals surface area (Å²) >= 11 is 0. The van der Waals surface area contributed by atoms with Crippen molar-refractivity contribution in [3.63, 3.8) is 0 Å². The average molecular weight is 319 g/mol. The molecule has 23 heavy (non-hydrogen) atoms. The number of carbonyl (C=O) groups is 1. The van der Waals surface area contributed by atoms with E-state index in [0.29, 0.717) is 25.5 Å². The first-order chi connectivity index (χ1) is 11.1. The first-order valence-electron chi connectivity index (χ1n) is 8.47. The molecule has 128 valence electrons. The third-order valence-corrected chi connectivity index (χ3v) is 4.16. The van der Waals surface area contributed by atoms with Crippen LogP contribution >= 0.6 is 0 Å². The summed E-state index contributed by atoms with van der Waals surface area (Å²) in [4.78, 5) is 14.0. The van der Waals surface area contributed by atoms with E-state index in [9.17, 15) is 4.79 Å². The Morgan fingerprint density at radius 3 is 2.78 bits per heavy atom. The van der Waals surface area contributed by atoms with Gasteiger partial charge in [-0.25, -0.2) is 0 Å². The Kier molecular flexibility index (Phi) is 7.36. The van der Waals surface area contributed by atoms with Crippen LogP contribution in [0.3, 0.4) is 0 Å². The maximum absolute atomic E-state index is 11.9. The van der Waals surface area contributed by atoms with E-state index in [0.717, 1.165) is 37.4 Å². The monoisotopic (exact) mass is 319 g/mol. The molecule has 1 aliphatic rings. The predicted octanol–water partition coefficient (Wildman–Crippen LogP) is 1.63. The van der Waals surface area contributed by atoms with E-state index in [1.165, 1.54) is 6.42 Å². The number of hydrogen-bond donors (Lipinski definition) is 2. The van der Waals surface area contributed by atoms with Crippen LogP contribution in [0.2, 0.25) is 0 Å². The highest BCUT2D eigenvalue weighted by Gasteiger charge is 2.15. The molecule has 0 saturated carbocycles. The van der Waals surface area contributed by atoms with Crippen molar-refractivity contribution in [2.75, 3.05) is 40.3 Å². The topological polar surface area (TPSA) is 53.6 Å². The molecule has 1 amide bonds. The highest BCUT2D eigenvalue weighted by Crippen LogP contribution is 2.14. The molecule has 1 aromatic rings. The fourth-order valence-electron chi connectivity index (χ4n) is 2.63. The number of nitrogens with one attached hydrogen (secondary N) is 2. The van der Waals surface area contributed by atoms with Crippen LogP contribution in [0.15, 0.2) is 24.3 Å². The molecule has 0 radical (unpaired) electrons. The Morgan fingerprint density at radius 1 is 1.35 bits per heavy atom. The Balaban J connectivity index is 1.63. The number of nitrogens with zero attached hydrogens (tertiary/aromatic N) is 1. The van der Waals surface area contributed by atoms with Gasteiger partial charge in [0.15, 0.2) is 0 Å². The number of benzene rings is 1. The van der Waals surface area contributed by atoms with Gasteiger partial charge in [0.25, 0.3) is 0 Å². The lowest BCUT2D eigenvalue weighted by Gasteiger charge is -2.11. The van der Waals surface area contributed by atoms with E-state index in [4.69, 9.17) is 4.74 Å². The van der Waals surface area contributed by atoms with E-state index < -0.39 is 0 Å². The second kappa shape index (κ2) is 9.53. The molecule has 1 fully saturated rings. The normalized spacial score (nSPS) is 17.4. The molecule has 5 heteroatoms. The van der Waals surface area contributed by atoms with Gasteiger partial charge < -0.3 is 20.3 Å². The van der Waals surface area contributed by atoms with Gasteiger partial charge in [-0.05, 0) is 63.6 Å². The van der Waals surface area contributed by atoms with Gasteiger partial charge in [-0.3, -0.25) is 4.79 Å². The first-order valence-corrected chi connectivity index (χ1v) is 8.47. The standard InChI is InChI=1S/C18H29N3O2/c1-21(2)11-12-23-17-6-3-15(4-7-17)14-20-18(22)8-5-16-9-10-19-13-16/h3-4,6-7,16,19H,5,8-14H2,1-2H3,(H,20,22). The minimum absolute atomic E-state index is 0.142. The van der Waals surface area contributed by atoms with Crippen LogP contribution in [-0.2, 0) is 11.3 Å². The molecule has 1 unspecified atom stereocenters. The molecule has 0 spiro atoms. The number of ether oxygens (including phenoxy) is 1. The molecular formula is C18H29N3O2. The van der Waals surface area contributed by atoms with Gasteiger partial charge in [-0.2, -0.15) is 0 Å². The summed E-state index contributed by atoms with van der Waals surface area (Å²) in [6.07, 6.45) is 2.80. The predicted molar refractivity (Wildman–Crippen MR) is 92.5 cm³/mol. The zero-order valence-electron chi connectivity index (χ0n) is 14.3. The van der Waals surface area contributed by atoms with Gasteiger partial charge in [-0.15, -0.1) is 0 Å². The molecule has 1 heterocycles. The minimum Gasteiger partial charge on any atom is -0.492 e. The molecule has 5 nitrogen and oxygen atoms in total. The van der Waals surface area contributed by atoms with Crippen LogP contribution in [0.5, 0.6) is 5.75 Å². The van der Waals surface area contributed by atoms with E-state index in [1.54, 1.807) is 0 Å². The van der Waals surface area contributed by atoms with Gasteiger partial charge in [0.05, 0.1) is 0 Å². The van der Waals surface area contributed by atoms with Gasteiger partial charge in [0, 0.05) is 19.5 Å². The summed E-state index contributed by atoms with van der Waals surface area (Å²) in [5.41, 5.74) is 1.10. The van der Waals surface area contributed by atoms with Crippen LogP contribution in [-0.4, -0.2) is 51.1 Å². The lowest BCUT2D eigenvalue weighted by atomic mass is 10.0. The molecule has 0 aliphatic carbocycles. The van der Waals surface area contributed by atoms with Crippen molar-refractivity contribution < 1.29 is 9.53 Å². The molecule has 0 bridgehead atoms. The smallest absolute Gasteiger partial charge is 0.220 e. The largest absolute Gasteiger partial charge is 0.492 e. The minimum atomic E-state index is 0.142. The highest BCUT2D eigenvalue weighted by molar-refractivity contribution is 5.75. The highest BCUT2D eigenvalue weighted by atomic mass is 16.5. The molecule has 2 N–H and O–H groups in total. The number of hydrogen-bond acceptors (Lipinski definition) is 4. The Bertz CT molecular complexity index is 468. The van der Waals surface area contributed by atoms with E-state index in [1.807, 2.05) is 38.4 Å². The molecule has 1 atom stereocenters. The Labute approximate surface area is 139 Å². The second-order valence-electron chi connectivity index (χ2n) is 6.47. The van der Waals surface area contributed by atoms with E-state index in [2.05, 4.69) is 15.5 Å². The van der Waals surface area contributed by atoms with Crippen molar-refractivity contribution in [2.24, 2.45) is 5.92 Å². The van der Waals surface area contributed by atoms with Crippen molar-refractivity contribution in [1.29, 1.82) is 0 Å². The van der Waals surface area contributed by atoms with E-state index >= 15 is 0 Å². The Hall–Kier alpha value is -1.59. The van der Waals surface area contributed by atoms with Gasteiger partial charge >= 0.3 is 0 Å². The van der Waals surface area contributed by atoms with Crippen LogP contribution in [0.4, 0.5) is 0 Å². The number of carbonyl (C=O) groups excluding carboxylic acids is 1. The quantitative estimate of drug-likeness (QED) is 0.726. The SMILES string of the molecule is CN(C)CCOc1ccc(CNC(=O)CCC2CCNC2)cc1. The number of likely N-dealkylation sites (N-methyl/N-ethyl adjacent to an activating group) is 1. The maximum Gasteiger partial charge on any atom is 0.220 e. The molecule has 2 rings (SSSR count).